The van der Waals surface area contributed by atoms with E-state index in [0.717, 1.165) is 6.54 Å². The molecule has 0 unspecified atom stereocenters. The predicted octanol–water partition coefficient (Wildman–Crippen LogP) is 3.32. The first-order valence-electron chi connectivity index (χ1n) is 6.94. The van der Waals surface area contributed by atoms with Crippen LogP contribution in [0.4, 0.5) is 5.82 Å². The highest BCUT2D eigenvalue weighted by atomic mass is 35.5. The molecule has 0 saturated carbocycles. The van der Waals surface area contributed by atoms with Crippen LogP contribution in [0.3, 0.4) is 0 Å². The van der Waals surface area contributed by atoms with Gasteiger partial charge in [-0.3, -0.25) is 4.79 Å². The Hall–Kier alpha value is -2.07. The van der Waals surface area contributed by atoms with Gasteiger partial charge >= 0.3 is 0 Å². The van der Waals surface area contributed by atoms with Crippen molar-refractivity contribution in [2.45, 2.75) is 20.0 Å². The molecule has 0 fully saturated rings. The second-order valence-corrected chi connectivity index (χ2v) is 5.42. The zero-order valence-corrected chi connectivity index (χ0v) is 12.5. The van der Waals surface area contributed by atoms with E-state index in [2.05, 4.69) is 22.4 Å². The molecular formula is C16H16ClN3O. The molecule has 0 saturated heterocycles. The molecule has 4 nitrogen and oxygen atoms in total. The summed E-state index contributed by atoms with van der Waals surface area (Å²) in [5.41, 5.74) is 2.93. The Labute approximate surface area is 128 Å². The van der Waals surface area contributed by atoms with Crippen molar-refractivity contribution in [1.29, 1.82) is 0 Å². The van der Waals surface area contributed by atoms with E-state index in [-0.39, 0.29) is 5.91 Å². The first-order valence-corrected chi connectivity index (χ1v) is 7.32. The molecule has 2 heterocycles. The number of aromatic nitrogens is 1. The van der Waals surface area contributed by atoms with Crippen LogP contribution in [0, 0.1) is 0 Å². The molecule has 1 aliphatic rings. The summed E-state index contributed by atoms with van der Waals surface area (Å²) in [4.78, 5) is 18.6. The monoisotopic (exact) mass is 301 g/mol. The van der Waals surface area contributed by atoms with Gasteiger partial charge < -0.3 is 10.2 Å². The van der Waals surface area contributed by atoms with Crippen molar-refractivity contribution in [1.82, 2.24) is 9.88 Å². The SMILES string of the molecule is CCNc1ncc(C(=O)N2Cc3ccccc3C2)cc1Cl. The number of nitrogens with zero attached hydrogens (tertiary/aromatic N) is 2. The lowest BCUT2D eigenvalue weighted by molar-refractivity contribution is 0.0751. The number of pyridine rings is 1. The highest BCUT2D eigenvalue weighted by Gasteiger charge is 2.24. The molecule has 0 aliphatic carbocycles. The summed E-state index contributed by atoms with van der Waals surface area (Å²) in [5, 5.41) is 3.53. The lowest BCUT2D eigenvalue weighted by Crippen LogP contribution is -2.25. The summed E-state index contributed by atoms with van der Waals surface area (Å²) >= 11 is 6.15. The minimum atomic E-state index is -0.0383. The minimum absolute atomic E-state index is 0.0383. The Bertz CT molecular complexity index is 662. The van der Waals surface area contributed by atoms with E-state index in [1.807, 2.05) is 24.0 Å². The van der Waals surface area contributed by atoms with Crippen molar-refractivity contribution in [3.63, 3.8) is 0 Å². The predicted molar refractivity (Wildman–Crippen MR) is 83.4 cm³/mol. The number of benzene rings is 1. The fourth-order valence-corrected chi connectivity index (χ4v) is 2.74. The van der Waals surface area contributed by atoms with Crippen LogP contribution in [0.15, 0.2) is 36.5 Å². The van der Waals surface area contributed by atoms with Gasteiger partial charge in [-0.2, -0.15) is 0 Å². The molecule has 0 spiro atoms. The molecule has 3 rings (SSSR count). The van der Waals surface area contributed by atoms with Gasteiger partial charge in [0.25, 0.3) is 5.91 Å². The fraction of sp³-hybridized carbons (Fsp3) is 0.250. The van der Waals surface area contributed by atoms with Gasteiger partial charge in [0.2, 0.25) is 0 Å². The summed E-state index contributed by atoms with van der Waals surface area (Å²) in [6, 6.07) is 9.79. The third-order valence-corrected chi connectivity index (χ3v) is 3.85. The molecule has 1 aromatic carbocycles. The Morgan fingerprint density at radius 1 is 1.33 bits per heavy atom. The van der Waals surface area contributed by atoms with E-state index >= 15 is 0 Å². The number of hydrogen-bond donors (Lipinski definition) is 1. The van der Waals surface area contributed by atoms with Gasteiger partial charge in [-0.25, -0.2) is 4.98 Å². The summed E-state index contributed by atoms with van der Waals surface area (Å²) in [7, 11) is 0. The van der Waals surface area contributed by atoms with E-state index in [1.54, 1.807) is 12.3 Å². The standard InChI is InChI=1S/C16H16ClN3O/c1-2-18-15-14(17)7-13(8-19-15)16(21)20-9-11-5-3-4-6-12(11)10-20/h3-8H,2,9-10H2,1H3,(H,18,19). The fourth-order valence-electron chi connectivity index (χ4n) is 2.51. The maximum Gasteiger partial charge on any atom is 0.256 e. The molecule has 0 bridgehead atoms. The molecule has 0 radical (unpaired) electrons. The lowest BCUT2D eigenvalue weighted by atomic mass is 10.1. The number of carbonyl (C=O) groups is 1. The van der Waals surface area contributed by atoms with Crippen LogP contribution in [-0.4, -0.2) is 22.3 Å². The average molecular weight is 302 g/mol. The zero-order chi connectivity index (χ0) is 14.8. The first-order chi connectivity index (χ1) is 10.2. The number of carbonyl (C=O) groups excluding carboxylic acids is 1. The highest BCUT2D eigenvalue weighted by molar-refractivity contribution is 6.33. The number of halogens is 1. The molecule has 21 heavy (non-hydrogen) atoms. The minimum Gasteiger partial charge on any atom is -0.369 e. The lowest BCUT2D eigenvalue weighted by Gasteiger charge is -2.16. The van der Waals surface area contributed by atoms with Crippen molar-refractivity contribution in [2.75, 3.05) is 11.9 Å². The summed E-state index contributed by atoms with van der Waals surface area (Å²) in [6.07, 6.45) is 1.58. The van der Waals surface area contributed by atoms with Gasteiger partial charge in [0, 0.05) is 25.8 Å². The Balaban J connectivity index is 1.79. The van der Waals surface area contributed by atoms with E-state index in [9.17, 15) is 4.79 Å². The van der Waals surface area contributed by atoms with Gasteiger partial charge in [-0.05, 0) is 24.1 Å². The van der Waals surface area contributed by atoms with Crippen LogP contribution < -0.4 is 5.32 Å². The van der Waals surface area contributed by atoms with Crippen LogP contribution >= 0.6 is 11.6 Å². The smallest absolute Gasteiger partial charge is 0.256 e. The van der Waals surface area contributed by atoms with E-state index in [1.165, 1.54) is 11.1 Å². The third-order valence-electron chi connectivity index (χ3n) is 3.56. The van der Waals surface area contributed by atoms with E-state index in [0.29, 0.717) is 29.5 Å². The van der Waals surface area contributed by atoms with Gasteiger partial charge in [0.15, 0.2) is 0 Å². The average Bonchev–Trinajstić information content (AvgIpc) is 2.92. The largest absolute Gasteiger partial charge is 0.369 e. The summed E-state index contributed by atoms with van der Waals surface area (Å²) in [6.45, 7) is 3.99. The van der Waals surface area contributed by atoms with Crippen molar-refractivity contribution in [3.8, 4) is 0 Å². The van der Waals surface area contributed by atoms with Crippen LogP contribution in [0.2, 0.25) is 5.02 Å². The normalized spacial score (nSPS) is 13.1. The Morgan fingerprint density at radius 3 is 2.57 bits per heavy atom. The molecule has 108 valence electrons. The zero-order valence-electron chi connectivity index (χ0n) is 11.8. The number of fused-ring (bicyclic) bond motifs is 1. The Morgan fingerprint density at radius 2 is 2.00 bits per heavy atom. The van der Waals surface area contributed by atoms with Crippen LogP contribution in [0.5, 0.6) is 0 Å². The van der Waals surface area contributed by atoms with Crippen molar-refractivity contribution in [2.24, 2.45) is 0 Å². The molecule has 0 atom stereocenters. The highest BCUT2D eigenvalue weighted by Crippen LogP contribution is 2.26. The molecule has 1 N–H and O–H groups in total. The van der Waals surface area contributed by atoms with Crippen molar-refractivity contribution >= 4 is 23.3 Å². The number of hydrogen-bond acceptors (Lipinski definition) is 3. The maximum atomic E-state index is 12.5. The Kier molecular flexibility index (Phi) is 3.80. The second-order valence-electron chi connectivity index (χ2n) is 5.01. The number of anilines is 1. The van der Waals surface area contributed by atoms with E-state index in [4.69, 9.17) is 11.6 Å². The number of nitrogens with one attached hydrogen (secondary N) is 1. The van der Waals surface area contributed by atoms with Gasteiger partial charge in [0.05, 0.1) is 10.6 Å². The van der Waals surface area contributed by atoms with Gasteiger partial charge in [0.1, 0.15) is 5.82 Å². The van der Waals surface area contributed by atoms with Gasteiger partial charge in [-0.15, -0.1) is 0 Å². The number of rotatable bonds is 3. The summed E-state index contributed by atoms with van der Waals surface area (Å²) < 4.78 is 0. The molecule has 1 aliphatic heterocycles. The second kappa shape index (κ2) is 5.74. The van der Waals surface area contributed by atoms with Crippen LogP contribution in [0.1, 0.15) is 28.4 Å². The molecule has 1 aromatic heterocycles. The van der Waals surface area contributed by atoms with Crippen molar-refractivity contribution < 1.29 is 4.79 Å². The molecular weight excluding hydrogens is 286 g/mol. The first kappa shape index (κ1) is 13.9. The van der Waals surface area contributed by atoms with Crippen molar-refractivity contribution in [3.05, 3.63) is 58.2 Å². The summed E-state index contributed by atoms with van der Waals surface area (Å²) in [5.74, 6) is 0.573. The van der Waals surface area contributed by atoms with E-state index < -0.39 is 0 Å². The molecule has 2 aromatic rings. The molecule has 5 heteroatoms. The topological polar surface area (TPSA) is 45.2 Å². The third kappa shape index (κ3) is 2.72. The number of amides is 1. The van der Waals surface area contributed by atoms with Crippen LogP contribution in [-0.2, 0) is 13.1 Å². The molecule has 1 amide bonds. The quantitative estimate of drug-likeness (QED) is 0.946. The van der Waals surface area contributed by atoms with Gasteiger partial charge in [-0.1, -0.05) is 35.9 Å². The maximum absolute atomic E-state index is 12.5. The van der Waals surface area contributed by atoms with Crippen LogP contribution in [0.25, 0.3) is 0 Å².